The van der Waals surface area contributed by atoms with Gasteiger partial charge in [-0.2, -0.15) is 8.75 Å². The van der Waals surface area contributed by atoms with E-state index >= 15 is 0 Å². The number of aromatic nitrogens is 4. The molecule has 3 heterocycles. The molecule has 0 unspecified atom stereocenters. The molecule has 4 rings (SSSR count). The second-order valence-electron chi connectivity index (χ2n) is 8.23. The minimum Gasteiger partial charge on any atom is -0.324 e. The van der Waals surface area contributed by atoms with Gasteiger partial charge in [-0.25, -0.2) is 18.7 Å². The Balaban J connectivity index is 1.65. The molecular weight excluding hydrogens is 431 g/mol. The number of nitrogens with zero attached hydrogens (tertiary/aromatic N) is 5. The lowest BCUT2D eigenvalue weighted by molar-refractivity contribution is -0.117. The van der Waals surface area contributed by atoms with Gasteiger partial charge in [-0.1, -0.05) is 25.4 Å². The first-order valence-corrected chi connectivity index (χ1v) is 11.8. The lowest BCUT2D eigenvalue weighted by atomic mass is 9.88. The summed E-state index contributed by atoms with van der Waals surface area (Å²) in [5, 5.41) is 6.91. The standard InChI is InChI=1S/C19H20ClFN6O2S/c1-19(2)7-11(12-9-22-15-6-14(21)25-27(15)16(12)19)18(28)24-10-5-13(20)17(23-8-10)26-30(3,4)29/h5-6,8-9,11H,7H2,1-4H3,(H,24,28)/t11-/m0/s1. The molecule has 3 aromatic heterocycles. The molecule has 0 saturated heterocycles. The maximum atomic E-state index is 13.7. The van der Waals surface area contributed by atoms with Crippen LogP contribution in [0, 0.1) is 5.95 Å². The van der Waals surface area contributed by atoms with Crippen molar-refractivity contribution in [3.05, 3.63) is 46.8 Å². The molecule has 0 saturated carbocycles. The lowest BCUT2D eigenvalue weighted by Crippen LogP contribution is -2.21. The van der Waals surface area contributed by atoms with Crippen LogP contribution >= 0.6 is 11.6 Å². The third-order valence-electron chi connectivity index (χ3n) is 4.92. The molecule has 1 amide bonds. The molecule has 0 aromatic carbocycles. The Labute approximate surface area is 178 Å². The average molecular weight is 451 g/mol. The van der Waals surface area contributed by atoms with Crippen LogP contribution in [0.25, 0.3) is 5.65 Å². The van der Waals surface area contributed by atoms with Crippen LogP contribution in [0.3, 0.4) is 0 Å². The van der Waals surface area contributed by atoms with Gasteiger partial charge in [0.2, 0.25) is 11.9 Å². The van der Waals surface area contributed by atoms with Gasteiger partial charge in [-0.15, -0.1) is 5.10 Å². The number of nitrogens with one attached hydrogen (secondary N) is 1. The first-order valence-electron chi connectivity index (χ1n) is 9.13. The summed E-state index contributed by atoms with van der Waals surface area (Å²) in [5.74, 6) is -1.21. The normalized spacial score (nSPS) is 17.7. The smallest absolute Gasteiger partial charge is 0.235 e. The maximum absolute atomic E-state index is 13.7. The highest BCUT2D eigenvalue weighted by Crippen LogP contribution is 2.46. The van der Waals surface area contributed by atoms with Gasteiger partial charge in [0.05, 0.1) is 28.5 Å². The number of amides is 1. The van der Waals surface area contributed by atoms with E-state index in [2.05, 4.69) is 24.7 Å². The van der Waals surface area contributed by atoms with E-state index in [1.807, 2.05) is 13.8 Å². The number of fused-ring (bicyclic) bond motifs is 3. The van der Waals surface area contributed by atoms with Crippen LogP contribution in [0.4, 0.5) is 15.9 Å². The molecular formula is C19H20ClFN6O2S. The second-order valence-corrected chi connectivity index (χ2v) is 11.2. The number of rotatable bonds is 3. The van der Waals surface area contributed by atoms with Gasteiger partial charge in [0, 0.05) is 45.5 Å². The molecule has 0 fully saturated rings. The van der Waals surface area contributed by atoms with Crippen molar-refractivity contribution < 1.29 is 13.4 Å². The van der Waals surface area contributed by atoms with Gasteiger partial charge in [0.1, 0.15) is 0 Å². The predicted octanol–water partition coefficient (Wildman–Crippen LogP) is 3.68. The summed E-state index contributed by atoms with van der Waals surface area (Å²) in [6, 6.07) is 2.77. The molecule has 1 aliphatic carbocycles. The summed E-state index contributed by atoms with van der Waals surface area (Å²) in [6.45, 7) is 3.97. The van der Waals surface area contributed by atoms with Crippen LogP contribution in [-0.2, 0) is 19.9 Å². The number of hydrogen-bond acceptors (Lipinski definition) is 6. The molecule has 0 radical (unpaired) electrons. The molecule has 1 N–H and O–H groups in total. The quantitative estimate of drug-likeness (QED) is 0.655. The molecule has 1 aliphatic rings. The van der Waals surface area contributed by atoms with E-state index in [1.54, 1.807) is 6.20 Å². The van der Waals surface area contributed by atoms with E-state index in [4.69, 9.17) is 11.6 Å². The topological polar surface area (TPSA) is 102 Å². The van der Waals surface area contributed by atoms with Crippen molar-refractivity contribution >= 4 is 44.4 Å². The van der Waals surface area contributed by atoms with Crippen molar-refractivity contribution in [1.82, 2.24) is 19.6 Å². The molecule has 0 bridgehead atoms. The van der Waals surface area contributed by atoms with E-state index in [1.165, 1.54) is 35.4 Å². The third kappa shape index (κ3) is 3.77. The van der Waals surface area contributed by atoms with Crippen molar-refractivity contribution in [1.29, 1.82) is 0 Å². The first kappa shape index (κ1) is 20.7. The van der Waals surface area contributed by atoms with Gasteiger partial charge < -0.3 is 5.32 Å². The van der Waals surface area contributed by atoms with Gasteiger partial charge in [-0.05, 0) is 12.5 Å². The average Bonchev–Trinajstić information content (AvgIpc) is 3.12. The number of carbonyl (C=O) groups is 1. The molecule has 0 aliphatic heterocycles. The van der Waals surface area contributed by atoms with Crippen LogP contribution in [0.2, 0.25) is 5.02 Å². The predicted molar refractivity (Wildman–Crippen MR) is 113 cm³/mol. The summed E-state index contributed by atoms with van der Waals surface area (Å²) in [6.07, 6.45) is 6.50. The fraction of sp³-hybridized carbons (Fsp3) is 0.368. The fourth-order valence-corrected chi connectivity index (χ4v) is 4.63. The SMILES string of the molecule is CC1(C)C[C@H](C(=O)Nc2cnc(N=S(C)(C)=O)c(Cl)c2)c2cnc3cc(F)nn3c21. The van der Waals surface area contributed by atoms with Crippen molar-refractivity contribution in [3.8, 4) is 0 Å². The molecule has 11 heteroatoms. The Kier molecular flexibility index (Phi) is 4.81. The van der Waals surface area contributed by atoms with Crippen molar-refractivity contribution in [2.45, 2.75) is 31.6 Å². The zero-order chi connectivity index (χ0) is 21.8. The first-order chi connectivity index (χ1) is 13.9. The van der Waals surface area contributed by atoms with E-state index in [9.17, 15) is 13.4 Å². The number of pyridine rings is 1. The van der Waals surface area contributed by atoms with Crippen LogP contribution in [0.5, 0.6) is 0 Å². The Hall–Kier alpha value is -2.59. The third-order valence-corrected chi connectivity index (χ3v) is 5.82. The minimum absolute atomic E-state index is 0.157. The zero-order valence-corrected chi connectivity index (χ0v) is 18.4. The van der Waals surface area contributed by atoms with Crippen LogP contribution in [-0.4, -0.2) is 42.2 Å². The molecule has 158 valence electrons. The number of anilines is 1. The maximum Gasteiger partial charge on any atom is 0.235 e. The Morgan fingerprint density at radius 3 is 2.73 bits per heavy atom. The molecule has 0 spiro atoms. The molecule has 1 atom stereocenters. The monoisotopic (exact) mass is 450 g/mol. The van der Waals surface area contributed by atoms with E-state index < -0.39 is 27.0 Å². The van der Waals surface area contributed by atoms with E-state index in [0.717, 1.165) is 5.69 Å². The number of carbonyl (C=O) groups excluding carboxylic acids is 1. The fourth-order valence-electron chi connectivity index (χ4n) is 3.81. The summed E-state index contributed by atoms with van der Waals surface area (Å²) in [7, 11) is -2.41. The molecule has 8 nitrogen and oxygen atoms in total. The Morgan fingerprint density at radius 1 is 1.33 bits per heavy atom. The van der Waals surface area contributed by atoms with E-state index in [0.29, 0.717) is 23.3 Å². The Bertz CT molecular complexity index is 1300. The highest BCUT2D eigenvalue weighted by atomic mass is 35.5. The van der Waals surface area contributed by atoms with Crippen molar-refractivity contribution in [3.63, 3.8) is 0 Å². The number of hydrogen-bond donors (Lipinski definition) is 1. The summed E-state index contributed by atoms with van der Waals surface area (Å²) in [4.78, 5) is 21.4. The van der Waals surface area contributed by atoms with Crippen molar-refractivity contribution in [2.75, 3.05) is 17.8 Å². The number of halogens is 2. The Morgan fingerprint density at radius 2 is 2.07 bits per heavy atom. The molecule has 3 aromatic rings. The van der Waals surface area contributed by atoms with Gasteiger partial charge in [0.25, 0.3) is 0 Å². The highest BCUT2D eigenvalue weighted by molar-refractivity contribution is 7.92. The van der Waals surface area contributed by atoms with E-state index in [-0.39, 0.29) is 16.7 Å². The summed E-state index contributed by atoms with van der Waals surface area (Å²) < 4.78 is 31.0. The molecule has 30 heavy (non-hydrogen) atoms. The van der Waals surface area contributed by atoms with Crippen LogP contribution < -0.4 is 5.32 Å². The van der Waals surface area contributed by atoms with Crippen LogP contribution in [0.1, 0.15) is 37.4 Å². The van der Waals surface area contributed by atoms with Gasteiger partial charge >= 0.3 is 0 Å². The zero-order valence-electron chi connectivity index (χ0n) is 16.8. The van der Waals surface area contributed by atoms with Gasteiger partial charge in [-0.3, -0.25) is 4.79 Å². The lowest BCUT2D eigenvalue weighted by Gasteiger charge is -2.19. The highest BCUT2D eigenvalue weighted by Gasteiger charge is 2.43. The minimum atomic E-state index is -2.41. The summed E-state index contributed by atoms with van der Waals surface area (Å²) >= 11 is 6.18. The largest absolute Gasteiger partial charge is 0.324 e. The van der Waals surface area contributed by atoms with Crippen molar-refractivity contribution in [2.24, 2.45) is 4.36 Å². The summed E-state index contributed by atoms with van der Waals surface area (Å²) in [5.41, 5.74) is 1.86. The second kappa shape index (κ2) is 6.98. The van der Waals surface area contributed by atoms with Gasteiger partial charge in [0.15, 0.2) is 11.5 Å². The van der Waals surface area contributed by atoms with Crippen LogP contribution in [0.15, 0.2) is 28.9 Å².